The topological polar surface area (TPSA) is 24.9 Å². The van der Waals surface area contributed by atoms with Crippen molar-refractivity contribution in [3.8, 4) is 0 Å². The lowest BCUT2D eigenvalue weighted by Crippen LogP contribution is -2.27. The van der Waals surface area contributed by atoms with Crippen molar-refractivity contribution in [2.24, 2.45) is 0 Å². The number of rotatable bonds is 6. The molecule has 0 spiro atoms. The fourth-order valence-electron chi connectivity index (χ4n) is 2.08. The summed E-state index contributed by atoms with van der Waals surface area (Å²) in [4.78, 5) is 4.32. The van der Waals surface area contributed by atoms with E-state index in [-0.39, 0.29) is 0 Å². The van der Waals surface area contributed by atoms with Gasteiger partial charge < -0.3 is 5.32 Å². The van der Waals surface area contributed by atoms with E-state index in [0.29, 0.717) is 6.04 Å². The number of hydrogen-bond donors (Lipinski definition) is 1. The minimum absolute atomic E-state index is 0.541. The highest BCUT2D eigenvalue weighted by atomic mass is 32.1. The number of hydrogen-bond acceptors (Lipinski definition) is 3. The highest BCUT2D eigenvalue weighted by molar-refractivity contribution is 7.09. The summed E-state index contributed by atoms with van der Waals surface area (Å²) in [7, 11) is 0. The quantitative estimate of drug-likeness (QED) is 0.862. The van der Waals surface area contributed by atoms with Gasteiger partial charge in [-0.25, -0.2) is 4.98 Å². The van der Waals surface area contributed by atoms with Crippen molar-refractivity contribution in [3.05, 3.63) is 52.0 Å². The lowest BCUT2D eigenvalue weighted by molar-refractivity contribution is 0.565. The maximum atomic E-state index is 4.32. The Morgan fingerprint density at radius 3 is 2.56 bits per heavy atom. The molecule has 2 aromatic rings. The van der Waals surface area contributed by atoms with E-state index in [1.807, 2.05) is 11.6 Å². The fourth-order valence-corrected chi connectivity index (χ4v) is 2.73. The predicted octanol–water partition coefficient (Wildman–Crippen LogP) is 3.27. The van der Waals surface area contributed by atoms with Crippen molar-refractivity contribution < 1.29 is 0 Å². The SMILES string of the molecule is CCNC(C)Cc1ccc(Cc2nccs2)cc1. The maximum absolute atomic E-state index is 4.32. The monoisotopic (exact) mass is 260 g/mol. The second-order valence-electron chi connectivity index (χ2n) is 4.58. The molecule has 1 atom stereocenters. The molecule has 0 saturated heterocycles. The minimum Gasteiger partial charge on any atom is -0.314 e. The Morgan fingerprint density at radius 2 is 1.94 bits per heavy atom. The van der Waals surface area contributed by atoms with Crippen LogP contribution in [-0.2, 0) is 12.8 Å². The molecule has 0 fully saturated rings. The van der Waals surface area contributed by atoms with E-state index in [4.69, 9.17) is 0 Å². The molecule has 1 heterocycles. The van der Waals surface area contributed by atoms with Gasteiger partial charge in [0.2, 0.25) is 0 Å². The average Bonchev–Trinajstić information content (AvgIpc) is 2.85. The zero-order valence-corrected chi connectivity index (χ0v) is 11.8. The first-order chi connectivity index (χ1) is 8.78. The second kappa shape index (κ2) is 6.66. The summed E-state index contributed by atoms with van der Waals surface area (Å²) < 4.78 is 0. The molecule has 0 radical (unpaired) electrons. The van der Waals surface area contributed by atoms with Gasteiger partial charge in [-0.15, -0.1) is 11.3 Å². The number of thiazole rings is 1. The van der Waals surface area contributed by atoms with Crippen molar-refractivity contribution >= 4 is 11.3 Å². The Morgan fingerprint density at radius 1 is 1.22 bits per heavy atom. The average molecular weight is 260 g/mol. The Labute approximate surface area is 113 Å². The van der Waals surface area contributed by atoms with Gasteiger partial charge in [0.25, 0.3) is 0 Å². The predicted molar refractivity (Wildman–Crippen MR) is 78.2 cm³/mol. The van der Waals surface area contributed by atoms with E-state index >= 15 is 0 Å². The van der Waals surface area contributed by atoms with E-state index in [9.17, 15) is 0 Å². The number of nitrogens with zero attached hydrogens (tertiary/aromatic N) is 1. The van der Waals surface area contributed by atoms with Crippen molar-refractivity contribution in [1.82, 2.24) is 10.3 Å². The van der Waals surface area contributed by atoms with Gasteiger partial charge in [0, 0.05) is 24.0 Å². The molecule has 0 amide bonds. The van der Waals surface area contributed by atoms with E-state index in [1.165, 1.54) is 16.1 Å². The highest BCUT2D eigenvalue weighted by Gasteiger charge is 2.03. The Hall–Kier alpha value is -1.19. The van der Waals surface area contributed by atoms with Gasteiger partial charge in [0.15, 0.2) is 0 Å². The molecule has 3 heteroatoms. The standard InChI is InChI=1S/C15H20N2S/c1-3-16-12(2)10-13-4-6-14(7-5-13)11-15-17-8-9-18-15/h4-9,12,16H,3,10-11H2,1-2H3. The Kier molecular flexibility index (Phi) is 4.90. The van der Waals surface area contributed by atoms with Gasteiger partial charge in [-0.2, -0.15) is 0 Å². The van der Waals surface area contributed by atoms with Crippen molar-refractivity contribution in [1.29, 1.82) is 0 Å². The summed E-state index contributed by atoms with van der Waals surface area (Å²) in [6.45, 7) is 5.41. The van der Waals surface area contributed by atoms with Crippen LogP contribution in [0.5, 0.6) is 0 Å². The van der Waals surface area contributed by atoms with E-state index in [0.717, 1.165) is 19.4 Å². The van der Waals surface area contributed by atoms with Crippen LogP contribution in [0.15, 0.2) is 35.8 Å². The molecule has 0 aliphatic carbocycles. The molecule has 1 N–H and O–H groups in total. The van der Waals surface area contributed by atoms with E-state index in [2.05, 4.69) is 48.4 Å². The number of aromatic nitrogens is 1. The van der Waals surface area contributed by atoms with Gasteiger partial charge in [-0.05, 0) is 31.0 Å². The Bertz CT molecular complexity index is 448. The first-order valence-electron chi connectivity index (χ1n) is 6.47. The molecule has 0 aliphatic heterocycles. The Balaban J connectivity index is 1.93. The molecule has 96 valence electrons. The smallest absolute Gasteiger partial charge is 0.0968 e. The fraction of sp³-hybridized carbons (Fsp3) is 0.400. The first-order valence-corrected chi connectivity index (χ1v) is 7.35. The third-order valence-electron chi connectivity index (χ3n) is 2.96. The second-order valence-corrected chi connectivity index (χ2v) is 5.56. The molecule has 0 aliphatic rings. The summed E-state index contributed by atoms with van der Waals surface area (Å²) in [5.41, 5.74) is 2.73. The van der Waals surface area contributed by atoms with Crippen molar-refractivity contribution in [3.63, 3.8) is 0 Å². The molecule has 18 heavy (non-hydrogen) atoms. The van der Waals surface area contributed by atoms with Crippen molar-refractivity contribution in [2.75, 3.05) is 6.54 Å². The van der Waals surface area contributed by atoms with Crippen LogP contribution < -0.4 is 5.32 Å². The van der Waals surface area contributed by atoms with Crippen molar-refractivity contribution in [2.45, 2.75) is 32.7 Å². The summed E-state index contributed by atoms with van der Waals surface area (Å²) >= 11 is 1.72. The van der Waals surface area contributed by atoms with Crippen LogP contribution in [0.25, 0.3) is 0 Å². The molecule has 0 saturated carbocycles. The van der Waals surface area contributed by atoms with Crippen LogP contribution in [0.3, 0.4) is 0 Å². The minimum atomic E-state index is 0.541. The molecule has 2 nitrogen and oxygen atoms in total. The summed E-state index contributed by atoms with van der Waals surface area (Å²) in [6.07, 6.45) is 3.90. The summed E-state index contributed by atoms with van der Waals surface area (Å²) in [5, 5.41) is 6.65. The van der Waals surface area contributed by atoms with E-state index in [1.54, 1.807) is 11.3 Å². The molecule has 1 aromatic heterocycles. The number of likely N-dealkylation sites (N-methyl/N-ethyl adjacent to an activating group) is 1. The molecular formula is C15H20N2S. The third kappa shape index (κ3) is 3.93. The number of benzene rings is 1. The highest BCUT2D eigenvalue weighted by Crippen LogP contribution is 2.13. The van der Waals surface area contributed by atoms with Crippen LogP contribution in [0.2, 0.25) is 0 Å². The van der Waals surface area contributed by atoms with Gasteiger partial charge in [-0.1, -0.05) is 31.2 Å². The zero-order chi connectivity index (χ0) is 12.8. The molecule has 2 rings (SSSR count). The van der Waals surface area contributed by atoms with Crippen LogP contribution >= 0.6 is 11.3 Å². The molecule has 1 aromatic carbocycles. The maximum Gasteiger partial charge on any atom is 0.0968 e. The lowest BCUT2D eigenvalue weighted by Gasteiger charge is -2.12. The normalized spacial score (nSPS) is 12.6. The molecular weight excluding hydrogens is 240 g/mol. The van der Waals surface area contributed by atoms with Gasteiger partial charge >= 0.3 is 0 Å². The molecule has 0 bridgehead atoms. The van der Waals surface area contributed by atoms with Gasteiger partial charge in [-0.3, -0.25) is 0 Å². The van der Waals surface area contributed by atoms with Gasteiger partial charge in [0.05, 0.1) is 5.01 Å². The summed E-state index contributed by atoms with van der Waals surface area (Å²) in [5.74, 6) is 0. The zero-order valence-electron chi connectivity index (χ0n) is 11.0. The van der Waals surface area contributed by atoms with Crippen LogP contribution in [0.1, 0.15) is 30.0 Å². The lowest BCUT2D eigenvalue weighted by atomic mass is 10.0. The third-order valence-corrected chi connectivity index (χ3v) is 3.74. The summed E-state index contributed by atoms with van der Waals surface area (Å²) in [6, 6.07) is 9.44. The number of nitrogens with one attached hydrogen (secondary N) is 1. The van der Waals surface area contributed by atoms with Gasteiger partial charge in [0.1, 0.15) is 0 Å². The molecule has 1 unspecified atom stereocenters. The first kappa shape index (κ1) is 13.2. The van der Waals surface area contributed by atoms with Crippen LogP contribution in [0.4, 0.5) is 0 Å². The largest absolute Gasteiger partial charge is 0.314 e. The van der Waals surface area contributed by atoms with Crippen LogP contribution in [0, 0.1) is 0 Å². The van der Waals surface area contributed by atoms with Crippen LogP contribution in [-0.4, -0.2) is 17.6 Å². The van der Waals surface area contributed by atoms with E-state index < -0.39 is 0 Å².